The van der Waals surface area contributed by atoms with E-state index in [9.17, 15) is 0 Å². The van der Waals surface area contributed by atoms with E-state index in [0.29, 0.717) is 17.8 Å². The number of nitrogens with one attached hydrogen (secondary N) is 3. The summed E-state index contributed by atoms with van der Waals surface area (Å²) in [6, 6.07) is 6.35. The van der Waals surface area contributed by atoms with E-state index in [1.807, 2.05) is 52.8 Å². The van der Waals surface area contributed by atoms with Crippen LogP contribution in [0.15, 0.2) is 18.2 Å². The fourth-order valence-electron chi connectivity index (χ4n) is 2.12. The van der Waals surface area contributed by atoms with Crippen LogP contribution in [0.4, 0.5) is 23.5 Å². The van der Waals surface area contributed by atoms with Gasteiger partial charge in [-0.15, -0.1) is 0 Å². The predicted molar refractivity (Wildman–Crippen MR) is 98.4 cm³/mol. The van der Waals surface area contributed by atoms with E-state index in [2.05, 4.69) is 30.9 Å². The highest BCUT2D eigenvalue weighted by Crippen LogP contribution is 2.28. The van der Waals surface area contributed by atoms with Gasteiger partial charge in [0, 0.05) is 12.1 Å². The first-order chi connectivity index (χ1) is 11.4. The molecule has 2 aromatic rings. The van der Waals surface area contributed by atoms with Crippen molar-refractivity contribution in [1.29, 1.82) is 0 Å². The van der Waals surface area contributed by atoms with Crippen LogP contribution in [-0.4, -0.2) is 34.1 Å². The van der Waals surface area contributed by atoms with Crippen LogP contribution in [0, 0.1) is 6.92 Å². The number of nitrogens with zero attached hydrogens (tertiary/aromatic N) is 3. The van der Waals surface area contributed by atoms with Crippen molar-refractivity contribution in [2.75, 3.05) is 23.1 Å². The van der Waals surface area contributed by atoms with E-state index in [1.54, 1.807) is 7.11 Å². The molecule has 3 N–H and O–H groups in total. The van der Waals surface area contributed by atoms with Crippen molar-refractivity contribution in [3.63, 3.8) is 0 Å². The van der Waals surface area contributed by atoms with Crippen LogP contribution < -0.4 is 20.7 Å². The van der Waals surface area contributed by atoms with E-state index in [4.69, 9.17) is 4.74 Å². The highest BCUT2D eigenvalue weighted by atomic mass is 16.5. The number of ether oxygens (including phenoxy) is 1. The van der Waals surface area contributed by atoms with Gasteiger partial charge in [-0.05, 0) is 52.3 Å². The Labute approximate surface area is 143 Å². The fraction of sp³-hybridized carbons (Fsp3) is 0.471. The molecule has 0 unspecified atom stereocenters. The lowest BCUT2D eigenvalue weighted by Gasteiger charge is -2.15. The number of benzene rings is 1. The van der Waals surface area contributed by atoms with Crippen LogP contribution in [0.25, 0.3) is 0 Å². The molecule has 7 heteroatoms. The SMILES string of the molecule is COc1ccc(C)cc1Nc1nc(NC(C)C)nc(NC(C)C)n1. The van der Waals surface area contributed by atoms with E-state index in [-0.39, 0.29) is 12.1 Å². The van der Waals surface area contributed by atoms with Gasteiger partial charge < -0.3 is 20.7 Å². The summed E-state index contributed by atoms with van der Waals surface area (Å²) in [6.45, 7) is 10.2. The van der Waals surface area contributed by atoms with Crippen molar-refractivity contribution < 1.29 is 4.74 Å². The third-order valence-electron chi connectivity index (χ3n) is 3.07. The van der Waals surface area contributed by atoms with Gasteiger partial charge in [-0.1, -0.05) is 6.07 Å². The molecule has 0 radical (unpaired) electrons. The molecule has 1 aromatic heterocycles. The lowest BCUT2D eigenvalue weighted by atomic mass is 10.2. The lowest BCUT2D eigenvalue weighted by Crippen LogP contribution is -2.18. The van der Waals surface area contributed by atoms with Crippen molar-refractivity contribution in [3.8, 4) is 5.75 Å². The number of rotatable bonds is 7. The van der Waals surface area contributed by atoms with Crippen molar-refractivity contribution in [2.24, 2.45) is 0 Å². The van der Waals surface area contributed by atoms with Gasteiger partial charge in [-0.3, -0.25) is 0 Å². The van der Waals surface area contributed by atoms with E-state index in [1.165, 1.54) is 0 Å². The van der Waals surface area contributed by atoms with Gasteiger partial charge in [0.1, 0.15) is 5.75 Å². The van der Waals surface area contributed by atoms with Gasteiger partial charge in [0.2, 0.25) is 17.8 Å². The van der Waals surface area contributed by atoms with E-state index >= 15 is 0 Å². The molecule has 1 aromatic carbocycles. The first-order valence-corrected chi connectivity index (χ1v) is 8.08. The van der Waals surface area contributed by atoms with Crippen LogP contribution in [0.5, 0.6) is 5.75 Å². The van der Waals surface area contributed by atoms with Gasteiger partial charge in [0.15, 0.2) is 0 Å². The Hall–Kier alpha value is -2.57. The van der Waals surface area contributed by atoms with Crippen LogP contribution in [-0.2, 0) is 0 Å². The highest BCUT2D eigenvalue weighted by Gasteiger charge is 2.11. The lowest BCUT2D eigenvalue weighted by molar-refractivity contribution is 0.416. The molecule has 24 heavy (non-hydrogen) atoms. The zero-order chi connectivity index (χ0) is 17.7. The molecule has 0 aliphatic carbocycles. The van der Waals surface area contributed by atoms with Crippen molar-refractivity contribution in [3.05, 3.63) is 23.8 Å². The molecule has 0 atom stereocenters. The standard InChI is InChI=1S/C17H26N6O/c1-10(2)18-15-21-16(19-11(3)4)23-17(22-15)20-13-9-12(5)7-8-14(13)24-6/h7-11H,1-6H3,(H3,18,19,20,21,22,23). The monoisotopic (exact) mass is 330 g/mol. The minimum absolute atomic E-state index is 0.223. The summed E-state index contributed by atoms with van der Waals surface area (Å²) in [7, 11) is 1.64. The average molecular weight is 330 g/mol. The summed E-state index contributed by atoms with van der Waals surface area (Å²) >= 11 is 0. The molecule has 0 bridgehead atoms. The summed E-state index contributed by atoms with van der Waals surface area (Å²) < 4.78 is 5.40. The maximum atomic E-state index is 5.40. The molecule has 0 saturated heterocycles. The Morgan fingerprint density at radius 1 is 0.875 bits per heavy atom. The minimum atomic E-state index is 0.223. The molecule has 0 aliphatic heterocycles. The van der Waals surface area contributed by atoms with Gasteiger partial charge in [0.25, 0.3) is 0 Å². The summed E-state index contributed by atoms with van der Waals surface area (Å²) in [6.07, 6.45) is 0. The molecule has 1 heterocycles. The molecule has 2 rings (SSSR count). The number of aromatic nitrogens is 3. The van der Waals surface area contributed by atoms with Crippen LogP contribution in [0.2, 0.25) is 0 Å². The number of hydrogen-bond acceptors (Lipinski definition) is 7. The second kappa shape index (κ2) is 7.81. The normalized spacial score (nSPS) is 10.8. The summed E-state index contributed by atoms with van der Waals surface area (Å²) in [4.78, 5) is 13.3. The Kier molecular flexibility index (Phi) is 5.78. The first-order valence-electron chi connectivity index (χ1n) is 8.08. The van der Waals surface area contributed by atoms with Gasteiger partial charge in [-0.25, -0.2) is 0 Å². The zero-order valence-corrected chi connectivity index (χ0v) is 15.1. The van der Waals surface area contributed by atoms with Gasteiger partial charge in [0.05, 0.1) is 12.8 Å². The topological polar surface area (TPSA) is 84.0 Å². The Bertz CT molecular complexity index is 659. The third-order valence-corrected chi connectivity index (χ3v) is 3.07. The highest BCUT2D eigenvalue weighted by molar-refractivity contribution is 5.64. The van der Waals surface area contributed by atoms with Gasteiger partial charge in [-0.2, -0.15) is 15.0 Å². The summed E-state index contributed by atoms with van der Waals surface area (Å²) in [5, 5.41) is 9.65. The molecular formula is C17H26N6O. The van der Waals surface area contributed by atoms with Crippen molar-refractivity contribution in [1.82, 2.24) is 15.0 Å². The molecule has 0 spiro atoms. The average Bonchev–Trinajstić information content (AvgIpc) is 2.45. The number of anilines is 4. The first kappa shape index (κ1) is 17.8. The largest absolute Gasteiger partial charge is 0.495 e. The molecule has 130 valence electrons. The zero-order valence-electron chi connectivity index (χ0n) is 15.1. The van der Waals surface area contributed by atoms with Crippen molar-refractivity contribution >= 4 is 23.5 Å². The maximum absolute atomic E-state index is 5.40. The summed E-state index contributed by atoms with van der Waals surface area (Å²) in [5.74, 6) is 2.24. The fourth-order valence-corrected chi connectivity index (χ4v) is 2.12. The molecule has 0 saturated carbocycles. The number of methoxy groups -OCH3 is 1. The smallest absolute Gasteiger partial charge is 0.233 e. The maximum Gasteiger partial charge on any atom is 0.233 e. The summed E-state index contributed by atoms with van der Waals surface area (Å²) in [5.41, 5.74) is 1.93. The quantitative estimate of drug-likeness (QED) is 0.715. The van der Waals surface area contributed by atoms with E-state index in [0.717, 1.165) is 17.0 Å². The Morgan fingerprint density at radius 2 is 1.42 bits per heavy atom. The van der Waals surface area contributed by atoms with E-state index < -0.39 is 0 Å². The van der Waals surface area contributed by atoms with Crippen molar-refractivity contribution in [2.45, 2.75) is 46.7 Å². The molecule has 0 fully saturated rings. The second-order valence-electron chi connectivity index (χ2n) is 6.23. The molecular weight excluding hydrogens is 304 g/mol. The Morgan fingerprint density at radius 3 is 1.92 bits per heavy atom. The second-order valence-corrected chi connectivity index (χ2v) is 6.23. The van der Waals surface area contributed by atoms with Gasteiger partial charge >= 0.3 is 0 Å². The Balaban J connectivity index is 2.36. The number of aryl methyl sites for hydroxylation is 1. The van der Waals surface area contributed by atoms with Crippen LogP contribution in [0.1, 0.15) is 33.3 Å². The third kappa shape index (κ3) is 4.97. The number of hydrogen-bond donors (Lipinski definition) is 3. The van der Waals surface area contributed by atoms with Crippen LogP contribution >= 0.6 is 0 Å². The predicted octanol–water partition coefficient (Wildman–Crippen LogP) is 3.57. The molecule has 0 amide bonds. The minimum Gasteiger partial charge on any atom is -0.495 e. The molecule has 7 nitrogen and oxygen atoms in total. The molecule has 0 aliphatic rings. The van der Waals surface area contributed by atoms with Crippen LogP contribution in [0.3, 0.4) is 0 Å².